The zero-order chi connectivity index (χ0) is 10.1. The van der Waals surface area contributed by atoms with E-state index < -0.39 is 0 Å². The number of carbonyl (C=O) groups excluding carboxylic acids is 1. The number of carbonyl (C=O) groups is 1. The summed E-state index contributed by atoms with van der Waals surface area (Å²) in [4.78, 5) is 11.3. The molecule has 0 aromatic carbocycles. The summed E-state index contributed by atoms with van der Waals surface area (Å²) in [6.45, 7) is 8.15. The highest BCUT2D eigenvalue weighted by molar-refractivity contribution is 5.72. The molecule has 0 bridgehead atoms. The van der Waals surface area contributed by atoms with Crippen LogP contribution in [-0.2, 0) is 9.53 Å². The van der Waals surface area contributed by atoms with Gasteiger partial charge in [0.1, 0.15) is 0 Å². The Morgan fingerprint density at radius 1 is 1.46 bits per heavy atom. The summed E-state index contributed by atoms with van der Waals surface area (Å²) in [7, 11) is 0. The van der Waals surface area contributed by atoms with Gasteiger partial charge >= 0.3 is 5.97 Å². The zero-order valence-corrected chi connectivity index (χ0v) is 8.93. The summed E-state index contributed by atoms with van der Waals surface area (Å²) in [5.41, 5.74) is 0. The van der Waals surface area contributed by atoms with E-state index in [1.165, 1.54) is 0 Å². The molecule has 13 heavy (non-hydrogen) atoms. The summed E-state index contributed by atoms with van der Waals surface area (Å²) < 4.78 is 5.06. The highest BCUT2D eigenvalue weighted by Crippen LogP contribution is 1.98. The van der Waals surface area contributed by atoms with Crippen LogP contribution in [-0.4, -0.2) is 25.7 Å². The van der Waals surface area contributed by atoms with Crippen LogP contribution in [0.2, 0.25) is 0 Å². The molecule has 1 N–H and O–H groups in total. The molecule has 0 aliphatic heterocycles. The van der Waals surface area contributed by atoms with Crippen LogP contribution in [0.5, 0.6) is 0 Å². The van der Waals surface area contributed by atoms with Crippen LogP contribution in [0.4, 0.5) is 0 Å². The van der Waals surface area contributed by atoms with Gasteiger partial charge in [-0.05, 0) is 13.0 Å². The standard InChI is InChI=1S/C10H21NO2/c1-4-6-7-13-10(12)9(3)8-11-5-2/h9,11H,4-8H2,1-3H3. The maximum Gasteiger partial charge on any atom is 0.309 e. The van der Waals surface area contributed by atoms with E-state index in [2.05, 4.69) is 12.2 Å². The van der Waals surface area contributed by atoms with Gasteiger partial charge < -0.3 is 10.1 Å². The second-order valence-corrected chi connectivity index (χ2v) is 3.23. The summed E-state index contributed by atoms with van der Waals surface area (Å²) in [5.74, 6) is -0.119. The molecule has 1 unspecified atom stereocenters. The van der Waals surface area contributed by atoms with Gasteiger partial charge in [-0.1, -0.05) is 27.2 Å². The summed E-state index contributed by atoms with van der Waals surface area (Å²) in [6, 6.07) is 0. The van der Waals surface area contributed by atoms with E-state index >= 15 is 0 Å². The molecule has 3 nitrogen and oxygen atoms in total. The first kappa shape index (κ1) is 12.4. The third-order valence-electron chi connectivity index (χ3n) is 1.85. The Hall–Kier alpha value is -0.570. The van der Waals surface area contributed by atoms with Crippen LogP contribution in [0.1, 0.15) is 33.6 Å². The predicted octanol–water partition coefficient (Wildman–Crippen LogP) is 1.58. The lowest BCUT2D eigenvalue weighted by atomic mass is 10.2. The van der Waals surface area contributed by atoms with Gasteiger partial charge in [0.25, 0.3) is 0 Å². The number of hydrogen-bond donors (Lipinski definition) is 1. The molecule has 0 aromatic rings. The maximum atomic E-state index is 11.3. The van der Waals surface area contributed by atoms with E-state index in [1.807, 2.05) is 13.8 Å². The first-order chi connectivity index (χ1) is 6.22. The van der Waals surface area contributed by atoms with Gasteiger partial charge in [-0.2, -0.15) is 0 Å². The lowest BCUT2D eigenvalue weighted by molar-refractivity contribution is -0.147. The molecule has 0 radical (unpaired) electrons. The van der Waals surface area contributed by atoms with Crippen LogP contribution in [0.3, 0.4) is 0 Å². The van der Waals surface area contributed by atoms with Gasteiger partial charge in [0, 0.05) is 6.54 Å². The minimum atomic E-state index is -0.0885. The van der Waals surface area contributed by atoms with Gasteiger partial charge in [-0.15, -0.1) is 0 Å². The van der Waals surface area contributed by atoms with Crippen LogP contribution in [0.15, 0.2) is 0 Å². The largest absolute Gasteiger partial charge is 0.465 e. The third kappa shape index (κ3) is 6.58. The molecule has 0 heterocycles. The molecule has 0 rings (SSSR count). The molecular weight excluding hydrogens is 166 g/mol. The molecule has 0 saturated heterocycles. The second-order valence-electron chi connectivity index (χ2n) is 3.23. The first-order valence-corrected chi connectivity index (χ1v) is 5.09. The number of rotatable bonds is 7. The Morgan fingerprint density at radius 3 is 2.69 bits per heavy atom. The predicted molar refractivity (Wildman–Crippen MR) is 53.6 cm³/mol. The quantitative estimate of drug-likeness (QED) is 0.485. The highest BCUT2D eigenvalue weighted by atomic mass is 16.5. The average molecular weight is 187 g/mol. The van der Waals surface area contributed by atoms with Crippen molar-refractivity contribution in [1.29, 1.82) is 0 Å². The smallest absolute Gasteiger partial charge is 0.309 e. The van der Waals surface area contributed by atoms with E-state index in [-0.39, 0.29) is 11.9 Å². The third-order valence-corrected chi connectivity index (χ3v) is 1.85. The molecular formula is C10H21NO2. The van der Waals surface area contributed by atoms with Crippen molar-refractivity contribution in [2.45, 2.75) is 33.6 Å². The van der Waals surface area contributed by atoms with Crippen LogP contribution < -0.4 is 5.32 Å². The van der Waals surface area contributed by atoms with Crippen molar-refractivity contribution in [3.05, 3.63) is 0 Å². The Bertz CT molecular complexity index is 137. The van der Waals surface area contributed by atoms with E-state index in [0.717, 1.165) is 19.4 Å². The van der Waals surface area contributed by atoms with Crippen molar-refractivity contribution in [1.82, 2.24) is 5.32 Å². The Morgan fingerprint density at radius 2 is 2.15 bits per heavy atom. The monoisotopic (exact) mass is 187 g/mol. The number of unbranched alkanes of at least 4 members (excludes halogenated alkanes) is 1. The van der Waals surface area contributed by atoms with E-state index in [0.29, 0.717) is 13.2 Å². The molecule has 0 aliphatic carbocycles. The minimum Gasteiger partial charge on any atom is -0.465 e. The van der Waals surface area contributed by atoms with Crippen molar-refractivity contribution in [3.63, 3.8) is 0 Å². The minimum absolute atomic E-state index is 0.0307. The first-order valence-electron chi connectivity index (χ1n) is 5.09. The molecule has 0 amide bonds. The second kappa shape index (κ2) is 8.05. The fraction of sp³-hybridized carbons (Fsp3) is 0.900. The van der Waals surface area contributed by atoms with Crippen molar-refractivity contribution in [2.24, 2.45) is 5.92 Å². The zero-order valence-electron chi connectivity index (χ0n) is 8.93. The summed E-state index contributed by atoms with van der Waals surface area (Å²) >= 11 is 0. The Kier molecular flexibility index (Phi) is 7.69. The van der Waals surface area contributed by atoms with Gasteiger partial charge in [-0.3, -0.25) is 4.79 Å². The molecule has 0 aliphatic rings. The number of esters is 1. The summed E-state index contributed by atoms with van der Waals surface area (Å²) in [6.07, 6.45) is 2.02. The van der Waals surface area contributed by atoms with Crippen molar-refractivity contribution < 1.29 is 9.53 Å². The van der Waals surface area contributed by atoms with Crippen molar-refractivity contribution in [3.8, 4) is 0 Å². The van der Waals surface area contributed by atoms with E-state index in [1.54, 1.807) is 0 Å². The molecule has 3 heteroatoms. The van der Waals surface area contributed by atoms with Crippen LogP contribution in [0.25, 0.3) is 0 Å². The molecule has 0 spiro atoms. The van der Waals surface area contributed by atoms with Gasteiger partial charge in [0.15, 0.2) is 0 Å². The molecule has 78 valence electrons. The normalized spacial score (nSPS) is 12.5. The van der Waals surface area contributed by atoms with E-state index in [9.17, 15) is 4.79 Å². The van der Waals surface area contributed by atoms with Gasteiger partial charge in [-0.25, -0.2) is 0 Å². The highest BCUT2D eigenvalue weighted by Gasteiger charge is 2.12. The Labute approximate surface area is 80.8 Å². The maximum absolute atomic E-state index is 11.3. The molecule has 0 fully saturated rings. The van der Waals surface area contributed by atoms with E-state index in [4.69, 9.17) is 4.74 Å². The molecule has 0 saturated carbocycles. The van der Waals surface area contributed by atoms with Crippen molar-refractivity contribution in [2.75, 3.05) is 19.7 Å². The Balaban J connectivity index is 3.45. The lowest BCUT2D eigenvalue weighted by Crippen LogP contribution is -2.27. The average Bonchev–Trinajstić information content (AvgIpc) is 2.14. The fourth-order valence-electron chi connectivity index (χ4n) is 0.904. The molecule has 0 aromatic heterocycles. The number of nitrogens with one attached hydrogen (secondary N) is 1. The number of ether oxygens (including phenoxy) is 1. The fourth-order valence-corrected chi connectivity index (χ4v) is 0.904. The van der Waals surface area contributed by atoms with Crippen LogP contribution >= 0.6 is 0 Å². The molecule has 1 atom stereocenters. The van der Waals surface area contributed by atoms with Crippen molar-refractivity contribution >= 4 is 5.97 Å². The van der Waals surface area contributed by atoms with Crippen LogP contribution in [0, 0.1) is 5.92 Å². The SMILES string of the molecule is CCCCOC(=O)C(C)CNCC. The number of hydrogen-bond acceptors (Lipinski definition) is 3. The summed E-state index contributed by atoms with van der Waals surface area (Å²) in [5, 5.41) is 3.12. The van der Waals surface area contributed by atoms with Gasteiger partial charge in [0.2, 0.25) is 0 Å². The topological polar surface area (TPSA) is 38.3 Å². The lowest BCUT2D eigenvalue weighted by Gasteiger charge is -2.10. The van der Waals surface area contributed by atoms with Gasteiger partial charge in [0.05, 0.1) is 12.5 Å².